The van der Waals surface area contributed by atoms with E-state index in [9.17, 15) is 27.9 Å². The number of ether oxygens (including phenoxy) is 1. The highest BCUT2D eigenvalue weighted by Crippen LogP contribution is 2.34. The fraction of sp³-hybridized carbons (Fsp3) is 0.0741. The minimum Gasteiger partial charge on any atom is -0.508 e. The number of rotatable bonds is 8. The summed E-state index contributed by atoms with van der Waals surface area (Å²) in [5.41, 5.74) is 5.45. The van der Waals surface area contributed by atoms with Crippen LogP contribution in [0.4, 0.5) is 29.3 Å². The van der Waals surface area contributed by atoms with E-state index in [1.54, 1.807) is 30.3 Å². The number of hydrogen-bond acceptors (Lipinski definition) is 6. The van der Waals surface area contributed by atoms with E-state index >= 15 is 0 Å². The summed E-state index contributed by atoms with van der Waals surface area (Å²) in [7, 11) is 0. The molecule has 1 heterocycles. The second kappa shape index (κ2) is 12.4. The molecular weight excluding hydrogens is 551 g/mol. The number of anilines is 2. The molecule has 13 heteroatoms. The second-order valence-corrected chi connectivity index (χ2v) is 8.66. The van der Waals surface area contributed by atoms with Gasteiger partial charge in [0.2, 0.25) is 0 Å². The van der Waals surface area contributed by atoms with Crippen LogP contribution in [-0.4, -0.2) is 22.0 Å². The molecule has 9 nitrogen and oxygen atoms in total. The first-order valence-corrected chi connectivity index (χ1v) is 11.9. The predicted octanol–water partition coefficient (Wildman–Crippen LogP) is 6.33. The third-order valence-corrected chi connectivity index (χ3v) is 5.61. The first-order chi connectivity index (χ1) is 19.1. The summed E-state index contributed by atoms with van der Waals surface area (Å²) in [6.07, 6.45) is -3.18. The van der Waals surface area contributed by atoms with Gasteiger partial charge in [0, 0.05) is 24.5 Å². The molecule has 206 valence electrons. The van der Waals surface area contributed by atoms with Gasteiger partial charge in [-0.3, -0.25) is 15.2 Å². The maximum atomic E-state index is 12.9. The predicted molar refractivity (Wildman–Crippen MR) is 142 cm³/mol. The van der Waals surface area contributed by atoms with Crippen LogP contribution < -0.4 is 26.2 Å². The first kappa shape index (κ1) is 28.2. The minimum absolute atomic E-state index is 0.0505. The average Bonchev–Trinajstić information content (AvgIpc) is 2.91. The number of aromatic hydroxyl groups is 1. The molecule has 0 unspecified atom stereocenters. The third kappa shape index (κ3) is 7.85. The van der Waals surface area contributed by atoms with Crippen LogP contribution in [0.5, 0.6) is 17.2 Å². The number of phenolic OH excluding ortho intramolecular Hbond substituents is 1. The van der Waals surface area contributed by atoms with Gasteiger partial charge in [-0.05, 0) is 66.2 Å². The van der Waals surface area contributed by atoms with E-state index in [-0.39, 0.29) is 22.2 Å². The summed E-state index contributed by atoms with van der Waals surface area (Å²) in [5.74, 6) is 0.367. The molecule has 5 N–H and O–H groups in total. The molecule has 1 aromatic heterocycles. The number of nitrogens with zero attached hydrogens (tertiary/aromatic N) is 1. The number of carbonyl (C=O) groups is 2. The minimum atomic E-state index is -4.59. The molecule has 40 heavy (non-hydrogen) atoms. The van der Waals surface area contributed by atoms with E-state index < -0.39 is 23.7 Å². The highest BCUT2D eigenvalue weighted by atomic mass is 35.5. The average molecular weight is 572 g/mol. The molecule has 0 atom stereocenters. The number of amides is 3. The zero-order chi connectivity index (χ0) is 28.7. The van der Waals surface area contributed by atoms with Crippen molar-refractivity contribution < 1.29 is 32.6 Å². The molecule has 0 fully saturated rings. The molecule has 0 saturated heterocycles. The van der Waals surface area contributed by atoms with Gasteiger partial charge in [-0.2, -0.15) is 13.2 Å². The van der Waals surface area contributed by atoms with E-state index in [0.29, 0.717) is 23.7 Å². The number of hydrazine groups is 1. The van der Waals surface area contributed by atoms with Gasteiger partial charge in [0.05, 0.1) is 16.3 Å². The number of phenols is 1. The van der Waals surface area contributed by atoms with Crippen molar-refractivity contribution in [3.8, 4) is 17.2 Å². The van der Waals surface area contributed by atoms with E-state index in [1.807, 2.05) is 0 Å². The van der Waals surface area contributed by atoms with Crippen LogP contribution in [-0.2, 0) is 12.7 Å². The summed E-state index contributed by atoms with van der Waals surface area (Å²) in [4.78, 5) is 28.7. The Morgan fingerprint density at radius 1 is 0.900 bits per heavy atom. The molecule has 0 aliphatic heterocycles. The fourth-order valence-corrected chi connectivity index (χ4v) is 3.49. The Balaban J connectivity index is 1.30. The molecule has 0 saturated carbocycles. The van der Waals surface area contributed by atoms with Crippen molar-refractivity contribution in [1.82, 2.24) is 15.8 Å². The molecular formula is C27H21ClF3N5O4. The molecule has 0 aliphatic carbocycles. The Kier molecular flexibility index (Phi) is 8.72. The van der Waals surface area contributed by atoms with Crippen LogP contribution in [0.1, 0.15) is 21.6 Å². The number of benzene rings is 3. The van der Waals surface area contributed by atoms with Gasteiger partial charge in [-0.25, -0.2) is 10.2 Å². The number of aromatic nitrogens is 1. The lowest BCUT2D eigenvalue weighted by molar-refractivity contribution is -0.137. The molecule has 3 amide bonds. The lowest BCUT2D eigenvalue weighted by Crippen LogP contribution is -2.37. The van der Waals surface area contributed by atoms with Crippen molar-refractivity contribution in [3.05, 3.63) is 107 Å². The van der Waals surface area contributed by atoms with Gasteiger partial charge in [0.1, 0.15) is 22.9 Å². The number of alkyl halides is 3. The Labute approximate surface area is 230 Å². The van der Waals surface area contributed by atoms with Crippen LogP contribution in [0.2, 0.25) is 5.02 Å². The van der Waals surface area contributed by atoms with Gasteiger partial charge in [0.25, 0.3) is 5.91 Å². The van der Waals surface area contributed by atoms with Crippen LogP contribution in [0.3, 0.4) is 0 Å². The maximum absolute atomic E-state index is 12.9. The molecule has 0 spiro atoms. The van der Waals surface area contributed by atoms with Crippen LogP contribution in [0.25, 0.3) is 0 Å². The molecule has 0 radical (unpaired) electrons. The van der Waals surface area contributed by atoms with Gasteiger partial charge in [0.15, 0.2) is 0 Å². The summed E-state index contributed by atoms with van der Waals surface area (Å²) in [6.45, 7) is 0.327. The Bertz CT molecular complexity index is 1500. The normalized spacial score (nSPS) is 11.0. The number of hydrogen-bond donors (Lipinski definition) is 5. The van der Waals surface area contributed by atoms with Crippen molar-refractivity contribution >= 4 is 34.9 Å². The van der Waals surface area contributed by atoms with Gasteiger partial charge in [-0.1, -0.05) is 23.7 Å². The molecule has 3 aromatic carbocycles. The Morgan fingerprint density at radius 3 is 2.33 bits per heavy atom. The summed E-state index contributed by atoms with van der Waals surface area (Å²) >= 11 is 5.91. The monoisotopic (exact) mass is 571 g/mol. The maximum Gasteiger partial charge on any atom is 0.416 e. The number of urea groups is 1. The highest BCUT2D eigenvalue weighted by molar-refractivity contribution is 6.33. The van der Waals surface area contributed by atoms with Gasteiger partial charge < -0.3 is 20.5 Å². The van der Waals surface area contributed by atoms with Crippen LogP contribution >= 0.6 is 11.6 Å². The number of carbonyl (C=O) groups excluding carboxylic acids is 2. The van der Waals surface area contributed by atoms with E-state index in [2.05, 4.69) is 26.5 Å². The van der Waals surface area contributed by atoms with Crippen molar-refractivity contribution in [2.45, 2.75) is 12.7 Å². The van der Waals surface area contributed by atoms with Crippen LogP contribution in [0.15, 0.2) is 85.1 Å². The zero-order valence-corrected chi connectivity index (χ0v) is 21.2. The highest BCUT2D eigenvalue weighted by Gasteiger charge is 2.31. The lowest BCUT2D eigenvalue weighted by atomic mass is 10.2. The second-order valence-electron chi connectivity index (χ2n) is 8.25. The zero-order valence-electron chi connectivity index (χ0n) is 20.4. The quantitative estimate of drug-likeness (QED) is 0.157. The first-order valence-electron chi connectivity index (χ1n) is 11.6. The Morgan fingerprint density at radius 2 is 1.62 bits per heavy atom. The van der Waals surface area contributed by atoms with Crippen molar-refractivity contribution in [2.24, 2.45) is 0 Å². The molecule has 4 aromatic rings. The van der Waals surface area contributed by atoms with Crippen LogP contribution in [0, 0.1) is 0 Å². The van der Waals surface area contributed by atoms with Crippen molar-refractivity contribution in [3.63, 3.8) is 0 Å². The van der Waals surface area contributed by atoms with Crippen molar-refractivity contribution in [2.75, 3.05) is 10.6 Å². The summed E-state index contributed by atoms with van der Waals surface area (Å²) in [6, 6.07) is 17.4. The SMILES string of the molecule is O=C(Nc1ccc(Oc2ccnc(C(=O)NNCc3ccc(O)cc3)c2)cc1)Nc1cc(C(F)(F)F)ccc1Cl. The van der Waals surface area contributed by atoms with Gasteiger partial charge in [-0.15, -0.1) is 0 Å². The standard InChI is InChI=1S/C27H21ClF3N5O4/c28-22-10-3-17(27(29,30)31)13-23(22)35-26(39)34-18-4-8-20(9-5-18)40-21-11-12-32-24(14-21)25(38)36-33-15-16-1-6-19(37)7-2-16/h1-14,33,37H,15H2,(H,36,38)(H2,34,35,39). The molecule has 0 bridgehead atoms. The van der Waals surface area contributed by atoms with E-state index in [0.717, 1.165) is 23.8 Å². The summed E-state index contributed by atoms with van der Waals surface area (Å²) < 4.78 is 44.6. The van der Waals surface area contributed by atoms with E-state index in [1.165, 1.54) is 36.5 Å². The topological polar surface area (TPSA) is 125 Å². The molecule has 0 aliphatic rings. The smallest absolute Gasteiger partial charge is 0.416 e. The number of nitrogens with one attached hydrogen (secondary N) is 4. The fourth-order valence-electron chi connectivity index (χ4n) is 3.33. The van der Waals surface area contributed by atoms with Gasteiger partial charge >= 0.3 is 12.2 Å². The third-order valence-electron chi connectivity index (χ3n) is 5.28. The number of halogens is 4. The Hall–Kier alpha value is -4.81. The van der Waals surface area contributed by atoms with Crippen molar-refractivity contribution in [1.29, 1.82) is 0 Å². The summed E-state index contributed by atoms with van der Waals surface area (Å²) in [5, 5.41) is 14.1. The molecule has 4 rings (SSSR count). The van der Waals surface area contributed by atoms with E-state index in [4.69, 9.17) is 16.3 Å². The largest absolute Gasteiger partial charge is 0.508 e. The number of pyridine rings is 1. The lowest BCUT2D eigenvalue weighted by Gasteiger charge is -2.13.